The number of carbonyl (C=O) groups is 1. The van der Waals surface area contributed by atoms with Crippen molar-refractivity contribution in [2.75, 3.05) is 5.33 Å². The summed E-state index contributed by atoms with van der Waals surface area (Å²) >= 11 is 2.95. The maximum atomic E-state index is 11.3. The van der Waals surface area contributed by atoms with Crippen LogP contribution in [-0.4, -0.2) is 33.0 Å². The van der Waals surface area contributed by atoms with Crippen LogP contribution in [0.2, 0.25) is 0 Å². The molecule has 1 rings (SSSR count). The van der Waals surface area contributed by atoms with Crippen LogP contribution in [0.4, 0.5) is 0 Å². The minimum Gasteiger partial charge on any atom is -0.298 e. The van der Waals surface area contributed by atoms with Crippen molar-refractivity contribution >= 4 is 21.7 Å². The molecule has 0 aromatic carbocycles. The molecule has 0 aromatic heterocycles. The van der Waals surface area contributed by atoms with E-state index < -0.39 is 27.8 Å². The highest BCUT2D eigenvalue weighted by atomic mass is 79.9. The molecule has 1 aliphatic carbocycles. The lowest BCUT2D eigenvalue weighted by Crippen LogP contribution is -2.34. The highest BCUT2D eigenvalue weighted by Gasteiger charge is 2.51. The fourth-order valence-electron chi connectivity index (χ4n) is 1.82. The molecule has 0 aliphatic heterocycles. The van der Waals surface area contributed by atoms with Crippen molar-refractivity contribution in [2.45, 2.75) is 24.9 Å². The molecular weight excluding hydrogens is 272 g/mol. The van der Waals surface area contributed by atoms with Crippen molar-refractivity contribution in [1.29, 1.82) is 0 Å². The summed E-state index contributed by atoms with van der Waals surface area (Å²) in [6.45, 7) is 0. The van der Waals surface area contributed by atoms with Crippen LogP contribution in [0.5, 0.6) is 0 Å². The van der Waals surface area contributed by atoms with Crippen LogP contribution < -0.4 is 0 Å². The van der Waals surface area contributed by atoms with Gasteiger partial charge in [0, 0.05) is 28.6 Å². The third-order valence-electron chi connectivity index (χ3n) is 2.62. The van der Waals surface area contributed by atoms with E-state index >= 15 is 0 Å². The first-order chi connectivity index (χ1) is 6.97. The van der Waals surface area contributed by atoms with Crippen molar-refractivity contribution < 1.29 is 14.6 Å². The fraction of sp³-hybridized carbons (Fsp3) is 0.857. The summed E-state index contributed by atoms with van der Waals surface area (Å²) in [5, 5.41) is 21.2. The molecule has 0 heterocycles. The van der Waals surface area contributed by atoms with Gasteiger partial charge in [0.2, 0.25) is 0 Å². The molecular formula is C7H9BrN2O5. The SMILES string of the molecule is O=C(CBr)C1CC([N+](=O)[O-])C([N+](=O)[O-])C1. The topological polar surface area (TPSA) is 103 Å². The number of hydrogen-bond donors (Lipinski definition) is 0. The van der Waals surface area contributed by atoms with E-state index in [0.717, 1.165) is 0 Å². The summed E-state index contributed by atoms with van der Waals surface area (Å²) < 4.78 is 0. The minimum atomic E-state index is -1.23. The van der Waals surface area contributed by atoms with Crippen molar-refractivity contribution in [3.05, 3.63) is 20.2 Å². The molecule has 0 N–H and O–H groups in total. The van der Waals surface area contributed by atoms with Gasteiger partial charge in [-0.1, -0.05) is 15.9 Å². The maximum Gasteiger partial charge on any atom is 0.279 e. The van der Waals surface area contributed by atoms with Crippen LogP contribution >= 0.6 is 15.9 Å². The van der Waals surface area contributed by atoms with Gasteiger partial charge in [-0.2, -0.15) is 0 Å². The second-order valence-electron chi connectivity index (χ2n) is 3.47. The Labute approximate surface area is 93.3 Å². The highest BCUT2D eigenvalue weighted by molar-refractivity contribution is 9.09. The summed E-state index contributed by atoms with van der Waals surface area (Å²) in [4.78, 5) is 31.0. The zero-order chi connectivity index (χ0) is 11.6. The van der Waals surface area contributed by atoms with Crippen LogP contribution in [0.1, 0.15) is 12.8 Å². The van der Waals surface area contributed by atoms with Gasteiger partial charge in [0.1, 0.15) is 5.78 Å². The van der Waals surface area contributed by atoms with E-state index in [4.69, 9.17) is 0 Å². The summed E-state index contributed by atoms with van der Waals surface area (Å²) in [7, 11) is 0. The molecule has 1 saturated carbocycles. The van der Waals surface area contributed by atoms with E-state index in [9.17, 15) is 25.0 Å². The van der Waals surface area contributed by atoms with Gasteiger partial charge < -0.3 is 0 Å². The number of alkyl halides is 1. The summed E-state index contributed by atoms with van der Waals surface area (Å²) in [5.74, 6) is -0.763. The Morgan fingerprint density at radius 2 is 1.60 bits per heavy atom. The average Bonchev–Trinajstić information content (AvgIpc) is 2.61. The first-order valence-corrected chi connectivity index (χ1v) is 5.45. The Hall–Kier alpha value is -1.05. The average molecular weight is 281 g/mol. The standard InChI is InChI=1S/C7H9BrN2O5/c8-3-7(11)4-1-5(9(12)13)6(2-4)10(14)15/h4-6H,1-3H2. The third kappa shape index (κ3) is 2.49. The van der Waals surface area contributed by atoms with E-state index in [1.165, 1.54) is 0 Å². The lowest BCUT2D eigenvalue weighted by Gasteiger charge is -2.03. The molecule has 0 radical (unpaired) electrons. The maximum absolute atomic E-state index is 11.3. The number of ketones is 1. The molecule has 0 amide bonds. The molecule has 8 heteroatoms. The van der Waals surface area contributed by atoms with Crippen LogP contribution in [-0.2, 0) is 4.79 Å². The summed E-state index contributed by atoms with van der Waals surface area (Å²) in [6, 6.07) is -2.46. The molecule has 1 fully saturated rings. The van der Waals surface area contributed by atoms with Crippen LogP contribution in [0, 0.1) is 26.1 Å². The lowest BCUT2D eigenvalue weighted by molar-refractivity contribution is -0.611. The predicted molar refractivity (Wildman–Crippen MR) is 53.1 cm³/mol. The first kappa shape index (κ1) is 12.0. The first-order valence-electron chi connectivity index (χ1n) is 4.33. The molecule has 0 saturated heterocycles. The number of rotatable bonds is 4. The second-order valence-corrected chi connectivity index (χ2v) is 4.03. The number of halogens is 1. The minimum absolute atomic E-state index is 0.0247. The molecule has 0 bridgehead atoms. The van der Waals surface area contributed by atoms with Gasteiger partial charge in [0.15, 0.2) is 0 Å². The molecule has 0 aromatic rings. The largest absolute Gasteiger partial charge is 0.298 e. The molecule has 1 aliphatic rings. The molecule has 2 unspecified atom stereocenters. The fourth-order valence-corrected chi connectivity index (χ4v) is 2.28. The van der Waals surface area contributed by atoms with Crippen molar-refractivity contribution in [2.24, 2.45) is 5.92 Å². The van der Waals surface area contributed by atoms with E-state index in [0.29, 0.717) is 0 Å². The van der Waals surface area contributed by atoms with Crippen LogP contribution in [0.25, 0.3) is 0 Å². The number of hydrogen-bond acceptors (Lipinski definition) is 5. The molecule has 15 heavy (non-hydrogen) atoms. The molecule has 2 atom stereocenters. The van der Waals surface area contributed by atoms with E-state index in [-0.39, 0.29) is 24.0 Å². The van der Waals surface area contributed by atoms with Crippen molar-refractivity contribution in [3.63, 3.8) is 0 Å². The van der Waals surface area contributed by atoms with Gasteiger partial charge in [-0.15, -0.1) is 0 Å². The zero-order valence-corrected chi connectivity index (χ0v) is 9.25. The molecule has 7 nitrogen and oxygen atoms in total. The Morgan fingerprint density at radius 3 is 1.87 bits per heavy atom. The van der Waals surface area contributed by atoms with E-state index in [1.807, 2.05) is 0 Å². The summed E-state index contributed by atoms with van der Waals surface area (Å²) in [5.41, 5.74) is 0. The smallest absolute Gasteiger partial charge is 0.279 e. The highest BCUT2D eigenvalue weighted by Crippen LogP contribution is 2.30. The normalized spacial score (nSPS) is 30.1. The van der Waals surface area contributed by atoms with Gasteiger partial charge in [-0.05, 0) is 0 Å². The second kappa shape index (κ2) is 4.65. The molecule has 84 valence electrons. The quantitative estimate of drug-likeness (QED) is 0.427. The number of nitro groups is 2. The molecule has 0 spiro atoms. The number of carbonyl (C=O) groups excluding carboxylic acids is 1. The Bertz CT molecular complexity index is 286. The lowest BCUT2D eigenvalue weighted by atomic mass is 10.0. The third-order valence-corrected chi connectivity index (χ3v) is 3.18. The monoisotopic (exact) mass is 280 g/mol. The van der Waals surface area contributed by atoms with Crippen molar-refractivity contribution in [1.82, 2.24) is 0 Å². The Kier molecular flexibility index (Phi) is 3.72. The number of Topliss-reactive ketones (excluding diaryl/α,β-unsaturated/α-hetero) is 1. The van der Waals surface area contributed by atoms with Gasteiger partial charge in [-0.25, -0.2) is 0 Å². The van der Waals surface area contributed by atoms with Gasteiger partial charge in [-0.3, -0.25) is 25.0 Å². The number of nitrogens with zero attached hydrogens (tertiary/aromatic N) is 2. The zero-order valence-electron chi connectivity index (χ0n) is 7.67. The van der Waals surface area contributed by atoms with E-state index in [1.54, 1.807) is 0 Å². The van der Waals surface area contributed by atoms with Gasteiger partial charge in [0.25, 0.3) is 12.1 Å². The summed E-state index contributed by atoms with van der Waals surface area (Å²) in [6.07, 6.45) is -0.0494. The Morgan fingerprint density at radius 1 is 1.20 bits per heavy atom. The predicted octanol–water partition coefficient (Wildman–Crippen LogP) is 0.651. The van der Waals surface area contributed by atoms with Crippen LogP contribution in [0.3, 0.4) is 0 Å². The van der Waals surface area contributed by atoms with Crippen LogP contribution in [0.15, 0.2) is 0 Å². The van der Waals surface area contributed by atoms with Gasteiger partial charge in [0.05, 0.1) is 5.33 Å². The Balaban J connectivity index is 2.78. The van der Waals surface area contributed by atoms with Crippen molar-refractivity contribution in [3.8, 4) is 0 Å². The van der Waals surface area contributed by atoms with E-state index in [2.05, 4.69) is 15.9 Å². The van der Waals surface area contributed by atoms with Gasteiger partial charge >= 0.3 is 0 Å².